The topological polar surface area (TPSA) is 50.7 Å². The molecule has 0 aromatic carbocycles. The maximum Gasteiger partial charge on any atom is 0.206 e. The minimum Gasteiger partial charge on any atom is -0.358 e. The molecule has 0 spiro atoms. The molecular weight excluding hydrogens is 288 g/mol. The lowest BCUT2D eigenvalue weighted by molar-refractivity contribution is 0.442. The number of aromatic nitrogens is 3. The maximum absolute atomic E-state index is 4.62. The number of hydrogen-bond donors (Lipinski definition) is 1. The zero-order valence-corrected chi connectivity index (χ0v) is 13.6. The lowest BCUT2D eigenvalue weighted by Gasteiger charge is -2.18. The van der Waals surface area contributed by atoms with Gasteiger partial charge in [-0.25, -0.2) is 4.98 Å². The van der Waals surface area contributed by atoms with Crippen LogP contribution >= 0.6 is 22.7 Å². The molecule has 0 bridgehead atoms. The SMILES string of the molecule is CC(C)Nc1nnc(-c2cnc(C3CCCCC3)s2)s1. The van der Waals surface area contributed by atoms with Crippen LogP contribution in [0.25, 0.3) is 9.88 Å². The Kier molecular flexibility index (Phi) is 4.31. The van der Waals surface area contributed by atoms with Gasteiger partial charge in [0.2, 0.25) is 5.13 Å². The van der Waals surface area contributed by atoms with Crippen LogP contribution in [0.1, 0.15) is 56.9 Å². The summed E-state index contributed by atoms with van der Waals surface area (Å²) >= 11 is 3.41. The van der Waals surface area contributed by atoms with E-state index in [1.165, 1.54) is 37.1 Å². The third-order valence-corrected chi connectivity index (χ3v) is 5.71. The Morgan fingerprint density at radius 1 is 1.15 bits per heavy atom. The number of nitrogens with zero attached hydrogens (tertiary/aromatic N) is 3. The highest BCUT2D eigenvalue weighted by molar-refractivity contribution is 7.23. The van der Waals surface area contributed by atoms with Gasteiger partial charge in [0.1, 0.15) is 0 Å². The Morgan fingerprint density at radius 2 is 1.95 bits per heavy atom. The minimum atomic E-state index is 0.384. The van der Waals surface area contributed by atoms with E-state index in [1.807, 2.05) is 6.20 Å². The largest absolute Gasteiger partial charge is 0.358 e. The molecule has 3 rings (SSSR count). The highest BCUT2D eigenvalue weighted by Gasteiger charge is 2.20. The van der Waals surface area contributed by atoms with Crippen molar-refractivity contribution in [2.45, 2.75) is 57.9 Å². The molecule has 0 aliphatic heterocycles. The second kappa shape index (κ2) is 6.18. The molecule has 2 heterocycles. The first kappa shape index (κ1) is 13.9. The number of rotatable bonds is 4. The van der Waals surface area contributed by atoms with E-state index in [4.69, 9.17) is 0 Å². The number of nitrogens with one attached hydrogen (secondary N) is 1. The van der Waals surface area contributed by atoms with Crippen LogP contribution in [0.4, 0.5) is 5.13 Å². The van der Waals surface area contributed by atoms with Gasteiger partial charge in [-0.3, -0.25) is 0 Å². The Bertz CT molecular complexity index is 555. The molecule has 20 heavy (non-hydrogen) atoms. The predicted molar refractivity (Wildman–Crippen MR) is 85.6 cm³/mol. The third-order valence-electron chi connectivity index (χ3n) is 3.53. The molecular formula is C14H20N4S2. The fraction of sp³-hybridized carbons (Fsp3) is 0.643. The van der Waals surface area contributed by atoms with Crippen LogP contribution in [-0.4, -0.2) is 21.2 Å². The molecule has 6 heteroatoms. The van der Waals surface area contributed by atoms with Gasteiger partial charge in [-0.2, -0.15) is 0 Å². The molecule has 0 unspecified atom stereocenters. The zero-order chi connectivity index (χ0) is 13.9. The Hall–Kier alpha value is -1.01. The van der Waals surface area contributed by atoms with Crippen LogP contribution in [-0.2, 0) is 0 Å². The van der Waals surface area contributed by atoms with Crippen LogP contribution in [0.3, 0.4) is 0 Å². The van der Waals surface area contributed by atoms with Crippen LogP contribution < -0.4 is 5.32 Å². The summed E-state index contributed by atoms with van der Waals surface area (Å²) in [5.41, 5.74) is 0. The molecule has 0 amide bonds. The molecule has 1 aliphatic carbocycles. The van der Waals surface area contributed by atoms with Gasteiger partial charge in [0.05, 0.1) is 9.88 Å². The van der Waals surface area contributed by atoms with E-state index in [2.05, 4.69) is 34.3 Å². The molecule has 1 aliphatic rings. The van der Waals surface area contributed by atoms with E-state index in [9.17, 15) is 0 Å². The highest BCUT2D eigenvalue weighted by Crippen LogP contribution is 2.38. The molecule has 2 aromatic heterocycles. The molecule has 1 saturated carbocycles. The van der Waals surface area contributed by atoms with Gasteiger partial charge in [0.15, 0.2) is 5.01 Å². The van der Waals surface area contributed by atoms with Gasteiger partial charge < -0.3 is 5.32 Å². The second-order valence-corrected chi connectivity index (χ2v) is 7.65. The summed E-state index contributed by atoms with van der Waals surface area (Å²) in [4.78, 5) is 5.78. The summed E-state index contributed by atoms with van der Waals surface area (Å²) in [6.45, 7) is 4.21. The van der Waals surface area contributed by atoms with Gasteiger partial charge in [-0.1, -0.05) is 30.6 Å². The van der Waals surface area contributed by atoms with Gasteiger partial charge in [-0.05, 0) is 26.7 Å². The van der Waals surface area contributed by atoms with Gasteiger partial charge >= 0.3 is 0 Å². The van der Waals surface area contributed by atoms with Crippen molar-refractivity contribution >= 4 is 27.8 Å². The fourth-order valence-corrected chi connectivity index (χ4v) is 4.56. The molecule has 108 valence electrons. The van der Waals surface area contributed by atoms with Gasteiger partial charge in [0.25, 0.3) is 0 Å². The van der Waals surface area contributed by atoms with Gasteiger partial charge in [0, 0.05) is 18.2 Å². The van der Waals surface area contributed by atoms with E-state index in [0.29, 0.717) is 12.0 Å². The molecule has 1 N–H and O–H groups in total. The molecule has 4 nitrogen and oxygen atoms in total. The Labute approximate surface area is 127 Å². The second-order valence-electron chi connectivity index (χ2n) is 5.61. The first-order valence-electron chi connectivity index (χ1n) is 7.28. The normalized spacial score (nSPS) is 16.8. The van der Waals surface area contributed by atoms with Crippen molar-refractivity contribution in [2.75, 3.05) is 5.32 Å². The average molecular weight is 308 g/mol. The van der Waals surface area contributed by atoms with Crippen LogP contribution in [0.15, 0.2) is 6.20 Å². The Balaban J connectivity index is 1.74. The van der Waals surface area contributed by atoms with Crippen molar-refractivity contribution in [1.82, 2.24) is 15.2 Å². The Morgan fingerprint density at radius 3 is 2.70 bits per heavy atom. The van der Waals surface area contributed by atoms with Crippen molar-refractivity contribution in [2.24, 2.45) is 0 Å². The lowest BCUT2D eigenvalue weighted by Crippen LogP contribution is -2.08. The molecule has 0 saturated heterocycles. The molecule has 1 fully saturated rings. The fourth-order valence-electron chi connectivity index (χ4n) is 2.55. The first-order valence-corrected chi connectivity index (χ1v) is 8.92. The van der Waals surface area contributed by atoms with E-state index in [0.717, 1.165) is 15.0 Å². The standard InChI is InChI=1S/C14H20N4S2/c1-9(2)16-14-18-17-13(20-14)11-8-15-12(19-11)10-6-4-3-5-7-10/h8-10H,3-7H2,1-2H3,(H,16,18). The lowest BCUT2D eigenvalue weighted by atomic mass is 9.90. The summed E-state index contributed by atoms with van der Waals surface area (Å²) < 4.78 is 0. The molecule has 2 aromatic rings. The van der Waals surface area contributed by atoms with Crippen molar-refractivity contribution in [3.05, 3.63) is 11.2 Å². The van der Waals surface area contributed by atoms with Crippen molar-refractivity contribution in [3.63, 3.8) is 0 Å². The number of hydrogen-bond acceptors (Lipinski definition) is 6. The van der Waals surface area contributed by atoms with Crippen molar-refractivity contribution < 1.29 is 0 Å². The molecule has 0 radical (unpaired) electrons. The van der Waals surface area contributed by atoms with E-state index >= 15 is 0 Å². The van der Waals surface area contributed by atoms with Crippen molar-refractivity contribution in [3.8, 4) is 9.88 Å². The monoisotopic (exact) mass is 308 g/mol. The van der Waals surface area contributed by atoms with Crippen LogP contribution in [0.5, 0.6) is 0 Å². The summed E-state index contributed by atoms with van der Waals surface area (Å²) in [5, 5.41) is 14.9. The smallest absolute Gasteiger partial charge is 0.206 e. The zero-order valence-electron chi connectivity index (χ0n) is 11.9. The summed E-state index contributed by atoms with van der Waals surface area (Å²) in [6.07, 6.45) is 8.64. The van der Waals surface area contributed by atoms with E-state index < -0.39 is 0 Å². The molecule has 0 atom stereocenters. The maximum atomic E-state index is 4.62. The third kappa shape index (κ3) is 3.17. The predicted octanol–water partition coefficient (Wildman–Crippen LogP) is 4.53. The summed E-state index contributed by atoms with van der Waals surface area (Å²) in [7, 11) is 0. The number of thiazole rings is 1. The summed E-state index contributed by atoms with van der Waals surface area (Å²) in [6, 6.07) is 0.384. The number of anilines is 1. The average Bonchev–Trinajstić information content (AvgIpc) is 3.07. The quantitative estimate of drug-likeness (QED) is 0.901. The van der Waals surface area contributed by atoms with Crippen LogP contribution in [0.2, 0.25) is 0 Å². The highest BCUT2D eigenvalue weighted by atomic mass is 32.1. The first-order chi connectivity index (χ1) is 9.72. The van der Waals surface area contributed by atoms with Crippen LogP contribution in [0, 0.1) is 0 Å². The van der Waals surface area contributed by atoms with E-state index in [-0.39, 0.29) is 0 Å². The van der Waals surface area contributed by atoms with Gasteiger partial charge in [-0.15, -0.1) is 21.5 Å². The minimum absolute atomic E-state index is 0.384. The van der Waals surface area contributed by atoms with Crippen molar-refractivity contribution in [1.29, 1.82) is 0 Å². The van der Waals surface area contributed by atoms with E-state index in [1.54, 1.807) is 22.7 Å². The summed E-state index contributed by atoms with van der Waals surface area (Å²) in [5.74, 6) is 0.670.